The third-order valence-electron chi connectivity index (χ3n) is 2.79. The monoisotopic (exact) mass is 297 g/mol. The quantitative estimate of drug-likeness (QED) is 0.276. The van der Waals surface area contributed by atoms with Crippen molar-refractivity contribution in [3.63, 3.8) is 0 Å². The lowest BCUT2D eigenvalue weighted by atomic mass is 9.96. The Morgan fingerprint density at radius 1 is 1.48 bits per heavy atom. The van der Waals surface area contributed by atoms with Gasteiger partial charge in [0.1, 0.15) is 18.2 Å². The van der Waals surface area contributed by atoms with E-state index in [1.54, 1.807) is 0 Å². The van der Waals surface area contributed by atoms with E-state index < -0.39 is 0 Å². The summed E-state index contributed by atoms with van der Waals surface area (Å²) in [7, 11) is 1.46. The van der Waals surface area contributed by atoms with E-state index in [0.717, 1.165) is 11.1 Å². The Kier molecular flexibility index (Phi) is 5.04. The van der Waals surface area contributed by atoms with Crippen molar-refractivity contribution < 1.29 is 4.84 Å². The first-order valence-electron chi connectivity index (χ1n) is 6.00. The molecule has 1 aliphatic heterocycles. The van der Waals surface area contributed by atoms with E-state index in [0.29, 0.717) is 16.2 Å². The normalized spacial score (nSPS) is 17.2. The second-order valence-electron chi connectivity index (χ2n) is 3.95. The topological polar surface area (TPSA) is 94.1 Å². The molecule has 104 valence electrons. The highest BCUT2D eigenvalue weighted by atomic mass is 32.2. The zero-order valence-electron chi connectivity index (χ0n) is 11.2. The predicted octanol–water partition coefficient (Wildman–Crippen LogP) is 3.99. The summed E-state index contributed by atoms with van der Waals surface area (Å²) < 4.78 is 0. The minimum atomic E-state index is 0.193. The lowest BCUT2D eigenvalue weighted by Crippen LogP contribution is -1.99. The van der Waals surface area contributed by atoms with Crippen molar-refractivity contribution in [2.45, 2.75) is 6.54 Å². The van der Waals surface area contributed by atoms with Gasteiger partial charge in [-0.1, -0.05) is 46.3 Å². The maximum atomic E-state index is 9.53. The molecule has 0 bridgehead atoms. The zero-order valence-corrected chi connectivity index (χ0v) is 12.0. The molecule has 7 heteroatoms. The van der Waals surface area contributed by atoms with E-state index >= 15 is 0 Å². The van der Waals surface area contributed by atoms with E-state index in [1.165, 1.54) is 18.9 Å². The summed E-state index contributed by atoms with van der Waals surface area (Å²) in [5.41, 5.74) is 11.2. The highest BCUT2D eigenvalue weighted by molar-refractivity contribution is 8.17. The van der Waals surface area contributed by atoms with Crippen molar-refractivity contribution in [1.29, 1.82) is 5.26 Å². The average molecular weight is 297 g/mol. The minimum Gasteiger partial charge on any atom is -0.398 e. The molecule has 0 unspecified atom stereocenters. The van der Waals surface area contributed by atoms with Gasteiger partial charge in [0.05, 0.1) is 12.1 Å². The Morgan fingerprint density at radius 2 is 2.29 bits per heavy atom. The Hall–Kier alpha value is -2.68. The SMILES string of the molecule is CON=C1SC=C/C1=C(/C#N)c1ccccc1CN=[N+]=[N-]. The van der Waals surface area contributed by atoms with Gasteiger partial charge in [0.15, 0.2) is 0 Å². The van der Waals surface area contributed by atoms with Gasteiger partial charge in [-0.25, -0.2) is 0 Å². The van der Waals surface area contributed by atoms with Crippen LogP contribution in [0, 0.1) is 11.3 Å². The van der Waals surface area contributed by atoms with Crippen molar-refractivity contribution in [1.82, 2.24) is 0 Å². The first-order valence-corrected chi connectivity index (χ1v) is 6.88. The van der Waals surface area contributed by atoms with Crippen molar-refractivity contribution in [2.24, 2.45) is 10.3 Å². The molecule has 6 nitrogen and oxygen atoms in total. The van der Waals surface area contributed by atoms with Crippen LogP contribution < -0.4 is 0 Å². The lowest BCUT2D eigenvalue weighted by Gasteiger charge is -2.08. The van der Waals surface area contributed by atoms with E-state index in [-0.39, 0.29) is 6.54 Å². The molecule has 0 spiro atoms. The van der Waals surface area contributed by atoms with E-state index in [9.17, 15) is 5.26 Å². The number of oxime groups is 1. The standard InChI is InChI=1S/C14H11N5OS/c1-20-18-14-12(6-7-21-14)13(8-15)11-5-3-2-4-10(11)9-17-19-16/h2-7H,9H2,1H3/b13-12+,18-14?. The van der Waals surface area contributed by atoms with Crippen LogP contribution in [0.2, 0.25) is 0 Å². The maximum Gasteiger partial charge on any atom is 0.148 e. The van der Waals surface area contributed by atoms with Crippen molar-refractivity contribution in [3.8, 4) is 6.07 Å². The molecule has 0 saturated carbocycles. The average Bonchev–Trinajstić information content (AvgIpc) is 2.96. The highest BCUT2D eigenvalue weighted by Crippen LogP contribution is 2.32. The van der Waals surface area contributed by atoms with Crippen LogP contribution in [0.3, 0.4) is 0 Å². The van der Waals surface area contributed by atoms with E-state index in [2.05, 4.69) is 21.3 Å². The molecule has 0 atom stereocenters. The number of benzene rings is 1. The summed E-state index contributed by atoms with van der Waals surface area (Å²) >= 11 is 1.39. The molecule has 0 saturated heterocycles. The Bertz CT molecular complexity index is 723. The predicted molar refractivity (Wildman–Crippen MR) is 83.0 cm³/mol. The minimum absolute atomic E-state index is 0.193. The van der Waals surface area contributed by atoms with Gasteiger partial charge in [-0.3, -0.25) is 0 Å². The highest BCUT2D eigenvalue weighted by Gasteiger charge is 2.19. The first kappa shape index (κ1) is 14.7. The van der Waals surface area contributed by atoms with Crippen LogP contribution in [0.15, 0.2) is 51.6 Å². The third kappa shape index (κ3) is 3.26. The van der Waals surface area contributed by atoms with Crippen molar-refractivity contribution >= 4 is 22.4 Å². The molecule has 0 amide bonds. The molecular weight excluding hydrogens is 286 g/mol. The molecular formula is C14H11N5OS. The van der Waals surface area contributed by atoms with Crippen LogP contribution in [-0.4, -0.2) is 12.2 Å². The fourth-order valence-electron chi connectivity index (χ4n) is 1.92. The van der Waals surface area contributed by atoms with Gasteiger partial charge in [0, 0.05) is 10.5 Å². The maximum absolute atomic E-state index is 9.53. The molecule has 21 heavy (non-hydrogen) atoms. The summed E-state index contributed by atoms with van der Waals surface area (Å²) in [6, 6.07) is 9.55. The van der Waals surface area contributed by atoms with Gasteiger partial charge in [0.25, 0.3) is 0 Å². The van der Waals surface area contributed by atoms with E-state index in [1.807, 2.05) is 35.7 Å². The number of allylic oxidation sites excluding steroid dienone is 2. The molecule has 2 rings (SSSR count). The Morgan fingerprint density at radius 3 is 3.00 bits per heavy atom. The van der Waals surface area contributed by atoms with Gasteiger partial charge >= 0.3 is 0 Å². The van der Waals surface area contributed by atoms with Gasteiger partial charge in [-0.15, -0.1) is 0 Å². The van der Waals surface area contributed by atoms with Gasteiger partial charge in [-0.05, 0) is 28.1 Å². The van der Waals surface area contributed by atoms with E-state index in [4.69, 9.17) is 10.4 Å². The number of rotatable bonds is 4. The summed E-state index contributed by atoms with van der Waals surface area (Å²) in [5, 5.41) is 19.5. The van der Waals surface area contributed by atoms with Crippen LogP contribution in [0.1, 0.15) is 11.1 Å². The van der Waals surface area contributed by atoms with Crippen LogP contribution in [0.25, 0.3) is 16.0 Å². The fourth-order valence-corrected chi connectivity index (χ4v) is 2.67. The number of thioether (sulfide) groups is 1. The molecule has 0 aromatic heterocycles. The number of nitrogens with zero attached hydrogens (tertiary/aromatic N) is 5. The van der Waals surface area contributed by atoms with Crippen LogP contribution in [0.4, 0.5) is 0 Å². The van der Waals surface area contributed by atoms with Crippen LogP contribution in [0.5, 0.6) is 0 Å². The van der Waals surface area contributed by atoms with Crippen molar-refractivity contribution in [3.05, 3.63) is 62.9 Å². The number of nitriles is 1. The van der Waals surface area contributed by atoms with Gasteiger partial charge < -0.3 is 4.84 Å². The second-order valence-corrected chi connectivity index (χ2v) is 4.84. The smallest absolute Gasteiger partial charge is 0.148 e. The molecule has 0 N–H and O–H groups in total. The Balaban J connectivity index is 2.57. The summed E-state index contributed by atoms with van der Waals surface area (Å²) in [6.45, 7) is 0.193. The third-order valence-corrected chi connectivity index (χ3v) is 3.58. The molecule has 1 aromatic rings. The molecule has 1 aliphatic rings. The molecule has 0 aliphatic carbocycles. The summed E-state index contributed by atoms with van der Waals surface area (Å²) in [6.07, 6.45) is 1.82. The number of hydrogen-bond acceptors (Lipinski definition) is 5. The number of azide groups is 1. The van der Waals surface area contributed by atoms with Crippen molar-refractivity contribution in [2.75, 3.05) is 7.11 Å². The largest absolute Gasteiger partial charge is 0.398 e. The number of hydrogen-bond donors (Lipinski definition) is 0. The molecule has 0 radical (unpaired) electrons. The fraction of sp³-hybridized carbons (Fsp3) is 0.143. The Labute approximate surface area is 126 Å². The van der Waals surface area contributed by atoms with Crippen LogP contribution in [-0.2, 0) is 11.4 Å². The van der Waals surface area contributed by atoms with Crippen LogP contribution >= 0.6 is 11.8 Å². The first-order chi connectivity index (χ1) is 10.3. The lowest BCUT2D eigenvalue weighted by molar-refractivity contribution is 0.215. The summed E-state index contributed by atoms with van der Waals surface area (Å²) in [4.78, 5) is 7.56. The molecule has 0 fully saturated rings. The summed E-state index contributed by atoms with van der Waals surface area (Å²) in [5.74, 6) is 0. The van der Waals surface area contributed by atoms with Gasteiger partial charge in [0.2, 0.25) is 0 Å². The molecule has 1 aromatic carbocycles. The zero-order chi connectivity index (χ0) is 15.1. The van der Waals surface area contributed by atoms with Gasteiger partial charge in [-0.2, -0.15) is 5.26 Å². The molecule has 1 heterocycles. The second kappa shape index (κ2) is 7.20.